The second-order valence-electron chi connectivity index (χ2n) is 6.30. The van der Waals surface area contributed by atoms with E-state index in [4.69, 9.17) is 4.74 Å². The van der Waals surface area contributed by atoms with E-state index in [1.54, 1.807) is 19.4 Å². The van der Waals surface area contributed by atoms with Gasteiger partial charge < -0.3 is 19.1 Å². The summed E-state index contributed by atoms with van der Waals surface area (Å²) in [5.41, 5.74) is 1.82. The quantitative estimate of drug-likeness (QED) is 0.829. The van der Waals surface area contributed by atoms with Crippen molar-refractivity contribution in [3.8, 4) is 5.88 Å². The van der Waals surface area contributed by atoms with Crippen molar-refractivity contribution in [1.82, 2.24) is 19.4 Å². The number of likely N-dealkylation sites (N-methyl/N-ethyl adjacent to an activating group) is 1. The number of rotatable bonds is 5. The lowest BCUT2D eigenvalue weighted by Crippen LogP contribution is -2.40. The third-order valence-electron chi connectivity index (χ3n) is 4.91. The van der Waals surface area contributed by atoms with Gasteiger partial charge in [0.05, 0.1) is 13.2 Å². The third kappa shape index (κ3) is 3.31. The molecule has 0 bridgehead atoms. The predicted octanol–water partition coefficient (Wildman–Crippen LogP) is 1.87. The average Bonchev–Trinajstić information content (AvgIpc) is 3.23. The minimum Gasteiger partial charge on any atom is -0.481 e. The highest BCUT2D eigenvalue weighted by Gasteiger charge is 2.32. The number of aromatic nitrogens is 3. The lowest BCUT2D eigenvalue weighted by atomic mass is 10.2. The first-order valence-corrected chi connectivity index (χ1v) is 8.60. The van der Waals surface area contributed by atoms with Crippen molar-refractivity contribution in [2.75, 3.05) is 31.6 Å². The van der Waals surface area contributed by atoms with Gasteiger partial charge in [-0.2, -0.15) is 4.98 Å². The van der Waals surface area contributed by atoms with Crippen LogP contribution in [0.15, 0.2) is 24.4 Å². The van der Waals surface area contributed by atoms with E-state index in [-0.39, 0.29) is 11.9 Å². The molecule has 134 valence electrons. The van der Waals surface area contributed by atoms with Gasteiger partial charge in [-0.05, 0) is 32.4 Å². The van der Waals surface area contributed by atoms with Crippen LogP contribution in [-0.4, -0.2) is 58.1 Å². The van der Waals surface area contributed by atoms with Gasteiger partial charge >= 0.3 is 0 Å². The Morgan fingerprint density at radius 3 is 2.84 bits per heavy atom. The van der Waals surface area contributed by atoms with Crippen LogP contribution in [0.25, 0.3) is 0 Å². The van der Waals surface area contributed by atoms with Gasteiger partial charge in [-0.25, -0.2) is 4.98 Å². The van der Waals surface area contributed by atoms with Crippen molar-refractivity contribution < 1.29 is 9.53 Å². The Balaban J connectivity index is 1.74. The molecule has 3 rings (SSSR count). The highest BCUT2D eigenvalue weighted by Crippen LogP contribution is 2.23. The zero-order valence-corrected chi connectivity index (χ0v) is 15.3. The monoisotopic (exact) mass is 343 g/mol. The lowest BCUT2D eigenvalue weighted by molar-refractivity contribution is 0.0781. The number of hydrogen-bond acceptors (Lipinski definition) is 5. The van der Waals surface area contributed by atoms with E-state index in [9.17, 15) is 4.79 Å². The number of nitrogens with zero attached hydrogens (tertiary/aromatic N) is 5. The fraction of sp³-hybridized carbons (Fsp3) is 0.500. The molecule has 1 unspecified atom stereocenters. The molecule has 7 nitrogen and oxygen atoms in total. The van der Waals surface area contributed by atoms with Crippen molar-refractivity contribution in [1.29, 1.82) is 0 Å². The molecule has 3 heterocycles. The molecular weight excluding hydrogens is 318 g/mol. The molecule has 1 saturated heterocycles. The van der Waals surface area contributed by atoms with Gasteiger partial charge in [0, 0.05) is 44.6 Å². The predicted molar refractivity (Wildman–Crippen MR) is 96.1 cm³/mol. The second kappa shape index (κ2) is 7.13. The van der Waals surface area contributed by atoms with Crippen LogP contribution in [-0.2, 0) is 7.05 Å². The summed E-state index contributed by atoms with van der Waals surface area (Å²) >= 11 is 0. The Hall–Kier alpha value is -2.57. The van der Waals surface area contributed by atoms with E-state index in [2.05, 4.69) is 21.8 Å². The standard InChI is InChI=1S/C18H25N5O2/c1-5-23(18-19-10-8-16(20-18)25-4)14-9-11-22(12-14)17(24)15-7-6-13(2)21(15)3/h6-8,10,14H,5,9,11-12H2,1-4H3. The van der Waals surface area contributed by atoms with E-state index < -0.39 is 0 Å². The molecule has 0 saturated carbocycles. The van der Waals surface area contributed by atoms with E-state index in [0.29, 0.717) is 18.4 Å². The van der Waals surface area contributed by atoms with Crippen LogP contribution < -0.4 is 9.64 Å². The first-order chi connectivity index (χ1) is 12.0. The maximum Gasteiger partial charge on any atom is 0.270 e. The number of carbonyl (C=O) groups is 1. The Morgan fingerprint density at radius 1 is 1.40 bits per heavy atom. The summed E-state index contributed by atoms with van der Waals surface area (Å²) in [5.74, 6) is 1.28. The maximum absolute atomic E-state index is 12.8. The molecule has 0 radical (unpaired) electrons. The van der Waals surface area contributed by atoms with Gasteiger partial charge in [-0.3, -0.25) is 4.79 Å². The highest BCUT2D eigenvalue weighted by molar-refractivity contribution is 5.93. The van der Waals surface area contributed by atoms with Gasteiger partial charge in [0.1, 0.15) is 5.69 Å². The summed E-state index contributed by atoms with van der Waals surface area (Å²) in [7, 11) is 3.53. The molecule has 1 aliphatic heterocycles. The number of carbonyl (C=O) groups excluding carboxylic acids is 1. The molecule has 0 aromatic carbocycles. The fourth-order valence-corrected chi connectivity index (χ4v) is 3.32. The van der Waals surface area contributed by atoms with Crippen LogP contribution in [0.1, 0.15) is 29.5 Å². The summed E-state index contributed by atoms with van der Waals surface area (Å²) < 4.78 is 7.14. The van der Waals surface area contributed by atoms with E-state index >= 15 is 0 Å². The summed E-state index contributed by atoms with van der Waals surface area (Å²) in [4.78, 5) is 25.7. The average molecular weight is 343 g/mol. The summed E-state index contributed by atoms with van der Waals surface area (Å²) in [6, 6.07) is 5.82. The Bertz CT molecular complexity index is 758. The molecule has 0 aliphatic carbocycles. The molecule has 1 atom stereocenters. The van der Waals surface area contributed by atoms with Gasteiger partial charge in [0.25, 0.3) is 5.91 Å². The number of likely N-dealkylation sites (tertiary alicyclic amines) is 1. The topological polar surface area (TPSA) is 63.5 Å². The van der Waals surface area contributed by atoms with E-state index in [0.717, 1.165) is 30.9 Å². The Kier molecular flexibility index (Phi) is 4.92. The molecular formula is C18H25N5O2. The molecule has 1 aliphatic rings. The fourth-order valence-electron chi connectivity index (χ4n) is 3.32. The minimum atomic E-state index is 0.0840. The number of amides is 1. The second-order valence-corrected chi connectivity index (χ2v) is 6.30. The van der Waals surface area contributed by atoms with Crippen LogP contribution in [0.2, 0.25) is 0 Å². The Labute approximate surface area is 148 Å². The summed E-state index contributed by atoms with van der Waals surface area (Å²) in [6.45, 7) is 6.28. The van der Waals surface area contributed by atoms with Crippen LogP contribution in [0.5, 0.6) is 5.88 Å². The SMILES string of the molecule is CCN(c1nccc(OC)n1)C1CCN(C(=O)c2ccc(C)n2C)C1. The smallest absolute Gasteiger partial charge is 0.270 e. The largest absolute Gasteiger partial charge is 0.481 e. The van der Waals surface area contributed by atoms with Crippen LogP contribution in [0.4, 0.5) is 5.95 Å². The van der Waals surface area contributed by atoms with Crippen molar-refractivity contribution in [2.45, 2.75) is 26.3 Å². The molecule has 0 N–H and O–H groups in total. The molecule has 1 amide bonds. The molecule has 1 fully saturated rings. The maximum atomic E-state index is 12.8. The van der Waals surface area contributed by atoms with Crippen molar-refractivity contribution in [2.24, 2.45) is 7.05 Å². The van der Waals surface area contributed by atoms with Crippen LogP contribution >= 0.6 is 0 Å². The van der Waals surface area contributed by atoms with Crippen LogP contribution in [0, 0.1) is 6.92 Å². The van der Waals surface area contributed by atoms with Crippen molar-refractivity contribution in [3.63, 3.8) is 0 Å². The number of anilines is 1. The number of ether oxygens (including phenoxy) is 1. The van der Waals surface area contributed by atoms with Gasteiger partial charge in [0.2, 0.25) is 11.8 Å². The molecule has 2 aromatic rings. The van der Waals surface area contributed by atoms with Crippen molar-refractivity contribution >= 4 is 11.9 Å². The minimum absolute atomic E-state index is 0.0840. The lowest BCUT2D eigenvalue weighted by Gasteiger charge is -2.28. The zero-order valence-electron chi connectivity index (χ0n) is 15.3. The first kappa shape index (κ1) is 17.3. The molecule has 25 heavy (non-hydrogen) atoms. The normalized spacial score (nSPS) is 17.0. The summed E-state index contributed by atoms with van der Waals surface area (Å²) in [5, 5.41) is 0. The number of methoxy groups -OCH3 is 1. The Morgan fingerprint density at radius 2 is 2.20 bits per heavy atom. The first-order valence-electron chi connectivity index (χ1n) is 8.60. The molecule has 0 spiro atoms. The van der Waals surface area contributed by atoms with Gasteiger partial charge in [-0.15, -0.1) is 0 Å². The van der Waals surface area contributed by atoms with Crippen molar-refractivity contribution in [3.05, 3.63) is 35.8 Å². The highest BCUT2D eigenvalue weighted by atomic mass is 16.5. The zero-order chi connectivity index (χ0) is 18.0. The molecule has 7 heteroatoms. The summed E-state index contributed by atoms with van der Waals surface area (Å²) in [6.07, 6.45) is 2.61. The number of hydrogen-bond donors (Lipinski definition) is 0. The van der Waals surface area contributed by atoms with E-state index in [1.807, 2.05) is 35.6 Å². The number of aryl methyl sites for hydroxylation is 1. The van der Waals surface area contributed by atoms with Gasteiger partial charge in [-0.1, -0.05) is 0 Å². The van der Waals surface area contributed by atoms with Gasteiger partial charge in [0.15, 0.2) is 0 Å². The van der Waals surface area contributed by atoms with E-state index in [1.165, 1.54) is 0 Å². The third-order valence-corrected chi connectivity index (χ3v) is 4.91. The molecule has 2 aromatic heterocycles. The van der Waals surface area contributed by atoms with Crippen LogP contribution in [0.3, 0.4) is 0 Å².